The zero-order chi connectivity index (χ0) is 12.3. The first-order valence-electron chi connectivity index (χ1n) is 6.51. The molecule has 1 aliphatic rings. The van der Waals surface area contributed by atoms with Crippen molar-refractivity contribution in [1.29, 1.82) is 0 Å². The van der Waals surface area contributed by atoms with Crippen molar-refractivity contribution in [2.45, 2.75) is 44.6 Å². The lowest BCUT2D eigenvalue weighted by atomic mass is 9.92. The Balaban J connectivity index is 1.95. The molecule has 1 heterocycles. The molecule has 1 aromatic rings. The van der Waals surface area contributed by atoms with Crippen LogP contribution >= 0.6 is 11.8 Å². The van der Waals surface area contributed by atoms with Gasteiger partial charge in [0.05, 0.1) is 0 Å². The zero-order valence-corrected chi connectivity index (χ0v) is 11.9. The molecule has 1 atom stereocenters. The molecule has 17 heavy (non-hydrogen) atoms. The number of hydrogen-bond donors (Lipinski definition) is 1. The van der Waals surface area contributed by atoms with Crippen LogP contribution in [0.4, 0.5) is 0 Å². The molecule has 1 unspecified atom stereocenters. The Kier molecular flexibility index (Phi) is 4.16. The Labute approximate surface area is 109 Å². The van der Waals surface area contributed by atoms with Crippen LogP contribution in [0.3, 0.4) is 0 Å². The van der Waals surface area contributed by atoms with E-state index in [4.69, 9.17) is 0 Å². The van der Waals surface area contributed by atoms with Crippen LogP contribution in [0.2, 0.25) is 0 Å². The summed E-state index contributed by atoms with van der Waals surface area (Å²) in [6, 6.07) is 9.38. The van der Waals surface area contributed by atoms with Gasteiger partial charge in [0.25, 0.3) is 0 Å². The van der Waals surface area contributed by atoms with Crippen LogP contribution in [0.5, 0.6) is 0 Å². The quantitative estimate of drug-likeness (QED) is 0.859. The first-order chi connectivity index (χ1) is 8.06. The number of nitrogens with one attached hydrogen (secondary N) is 1. The van der Waals surface area contributed by atoms with E-state index in [1.165, 1.54) is 29.1 Å². The second-order valence-corrected chi connectivity index (χ2v) is 7.13. The van der Waals surface area contributed by atoms with E-state index in [2.05, 4.69) is 50.4 Å². The van der Waals surface area contributed by atoms with Gasteiger partial charge in [0.1, 0.15) is 0 Å². The zero-order valence-electron chi connectivity index (χ0n) is 11.1. The average molecular weight is 249 g/mol. The summed E-state index contributed by atoms with van der Waals surface area (Å²) in [7, 11) is 0. The lowest BCUT2D eigenvalue weighted by Crippen LogP contribution is -2.27. The van der Waals surface area contributed by atoms with E-state index in [0.717, 1.165) is 6.54 Å². The molecule has 1 aliphatic heterocycles. The normalized spacial score (nSPS) is 20.1. The molecule has 0 fully saturated rings. The van der Waals surface area contributed by atoms with Crippen LogP contribution in [0.25, 0.3) is 0 Å². The molecule has 1 N–H and O–H groups in total. The molecule has 2 heteroatoms. The highest BCUT2D eigenvalue weighted by molar-refractivity contribution is 7.99. The summed E-state index contributed by atoms with van der Waals surface area (Å²) < 4.78 is 0. The van der Waals surface area contributed by atoms with Gasteiger partial charge < -0.3 is 5.32 Å². The van der Waals surface area contributed by atoms with Crippen molar-refractivity contribution in [1.82, 2.24) is 5.32 Å². The van der Waals surface area contributed by atoms with Crippen molar-refractivity contribution in [2.75, 3.05) is 12.3 Å². The standard InChI is InChI=1S/C15H23NS/c1-15(2,3)9-10-16-13-8-11-17-14-7-5-4-6-12(13)14/h4-7,13,16H,8-11H2,1-3H3. The Morgan fingerprint density at radius 1 is 1.29 bits per heavy atom. The number of fused-ring (bicyclic) bond motifs is 1. The van der Waals surface area contributed by atoms with Crippen molar-refractivity contribution in [3.63, 3.8) is 0 Å². The van der Waals surface area contributed by atoms with Gasteiger partial charge in [0.15, 0.2) is 0 Å². The predicted molar refractivity (Wildman–Crippen MR) is 76.6 cm³/mol. The van der Waals surface area contributed by atoms with Gasteiger partial charge in [0, 0.05) is 10.9 Å². The molecule has 94 valence electrons. The molecular weight excluding hydrogens is 226 g/mol. The van der Waals surface area contributed by atoms with Crippen molar-refractivity contribution in [3.8, 4) is 0 Å². The molecule has 0 radical (unpaired) electrons. The Morgan fingerprint density at radius 3 is 2.82 bits per heavy atom. The number of hydrogen-bond acceptors (Lipinski definition) is 2. The summed E-state index contributed by atoms with van der Waals surface area (Å²) in [4.78, 5) is 1.46. The van der Waals surface area contributed by atoms with E-state index in [1.54, 1.807) is 0 Å². The van der Waals surface area contributed by atoms with Gasteiger partial charge in [-0.15, -0.1) is 11.8 Å². The monoisotopic (exact) mass is 249 g/mol. The van der Waals surface area contributed by atoms with Gasteiger partial charge in [0.2, 0.25) is 0 Å². The third-order valence-electron chi connectivity index (χ3n) is 3.22. The van der Waals surface area contributed by atoms with Gasteiger partial charge in [-0.2, -0.15) is 0 Å². The van der Waals surface area contributed by atoms with Crippen molar-refractivity contribution < 1.29 is 0 Å². The Hall–Kier alpha value is -0.470. The van der Waals surface area contributed by atoms with Gasteiger partial charge >= 0.3 is 0 Å². The number of benzene rings is 1. The van der Waals surface area contributed by atoms with Crippen molar-refractivity contribution in [3.05, 3.63) is 29.8 Å². The molecule has 0 amide bonds. The first-order valence-corrected chi connectivity index (χ1v) is 7.50. The molecule has 1 nitrogen and oxygen atoms in total. The van der Waals surface area contributed by atoms with Crippen LogP contribution in [0, 0.1) is 5.41 Å². The minimum Gasteiger partial charge on any atom is -0.310 e. The highest BCUT2D eigenvalue weighted by atomic mass is 32.2. The van der Waals surface area contributed by atoms with Crippen LogP contribution < -0.4 is 5.32 Å². The maximum Gasteiger partial charge on any atom is 0.0339 e. The summed E-state index contributed by atoms with van der Waals surface area (Å²) in [5.41, 5.74) is 1.92. The van der Waals surface area contributed by atoms with E-state index in [0.29, 0.717) is 11.5 Å². The summed E-state index contributed by atoms with van der Waals surface area (Å²) in [5.74, 6) is 1.24. The summed E-state index contributed by atoms with van der Waals surface area (Å²) in [6.45, 7) is 8.03. The molecule has 2 rings (SSSR count). The van der Waals surface area contributed by atoms with Crippen molar-refractivity contribution in [2.24, 2.45) is 5.41 Å². The minimum absolute atomic E-state index is 0.427. The number of rotatable bonds is 3. The molecule has 0 bridgehead atoms. The third-order valence-corrected chi connectivity index (χ3v) is 4.35. The molecular formula is C15H23NS. The minimum atomic E-state index is 0.427. The summed E-state index contributed by atoms with van der Waals surface area (Å²) in [5, 5.41) is 3.72. The largest absolute Gasteiger partial charge is 0.310 e. The lowest BCUT2D eigenvalue weighted by Gasteiger charge is -2.27. The SMILES string of the molecule is CC(C)(C)CCNC1CCSc2ccccc21. The molecule has 1 aromatic carbocycles. The van der Waals surface area contributed by atoms with E-state index in [1.807, 2.05) is 11.8 Å². The summed E-state index contributed by atoms with van der Waals surface area (Å²) in [6.07, 6.45) is 2.49. The van der Waals surface area contributed by atoms with Gasteiger partial charge in [-0.25, -0.2) is 0 Å². The van der Waals surface area contributed by atoms with Crippen LogP contribution in [0.15, 0.2) is 29.2 Å². The highest BCUT2D eigenvalue weighted by Crippen LogP contribution is 2.35. The third kappa shape index (κ3) is 3.75. The van der Waals surface area contributed by atoms with Crippen molar-refractivity contribution >= 4 is 11.8 Å². The van der Waals surface area contributed by atoms with E-state index in [-0.39, 0.29) is 0 Å². The fourth-order valence-corrected chi connectivity index (χ4v) is 3.30. The van der Waals surface area contributed by atoms with Gasteiger partial charge in [-0.3, -0.25) is 0 Å². The molecule has 0 aromatic heterocycles. The van der Waals surface area contributed by atoms with Gasteiger partial charge in [-0.05, 0) is 42.2 Å². The second-order valence-electron chi connectivity index (χ2n) is 5.99. The fourth-order valence-electron chi connectivity index (χ4n) is 2.18. The second kappa shape index (κ2) is 5.45. The number of thioether (sulfide) groups is 1. The Morgan fingerprint density at radius 2 is 2.06 bits per heavy atom. The van der Waals surface area contributed by atoms with Gasteiger partial charge in [-0.1, -0.05) is 39.0 Å². The molecule has 0 saturated carbocycles. The summed E-state index contributed by atoms with van der Waals surface area (Å²) >= 11 is 1.99. The highest BCUT2D eigenvalue weighted by Gasteiger charge is 2.20. The van der Waals surface area contributed by atoms with E-state index < -0.39 is 0 Å². The van der Waals surface area contributed by atoms with E-state index >= 15 is 0 Å². The molecule has 0 saturated heterocycles. The molecule has 0 spiro atoms. The van der Waals surface area contributed by atoms with Crippen LogP contribution in [0.1, 0.15) is 45.2 Å². The lowest BCUT2D eigenvalue weighted by molar-refractivity contribution is 0.351. The fraction of sp³-hybridized carbons (Fsp3) is 0.600. The van der Waals surface area contributed by atoms with E-state index in [9.17, 15) is 0 Å². The predicted octanol–water partition coefficient (Wildman–Crippen LogP) is 4.25. The van der Waals surface area contributed by atoms with Crippen LogP contribution in [-0.4, -0.2) is 12.3 Å². The maximum atomic E-state index is 3.72. The molecule has 0 aliphatic carbocycles. The smallest absolute Gasteiger partial charge is 0.0339 e. The Bertz CT molecular complexity index is 367. The average Bonchev–Trinajstić information content (AvgIpc) is 2.28. The topological polar surface area (TPSA) is 12.0 Å². The van der Waals surface area contributed by atoms with Crippen LogP contribution in [-0.2, 0) is 0 Å². The maximum absolute atomic E-state index is 3.72. The first kappa shape index (κ1) is 13.0.